The van der Waals surface area contributed by atoms with Crippen molar-refractivity contribution in [2.24, 2.45) is 11.8 Å². The van der Waals surface area contributed by atoms with E-state index >= 15 is 0 Å². The Morgan fingerprint density at radius 3 is 2.41 bits per heavy atom. The lowest BCUT2D eigenvalue weighted by molar-refractivity contribution is -0.146. The summed E-state index contributed by atoms with van der Waals surface area (Å²) in [4.78, 5) is 48.0. The summed E-state index contributed by atoms with van der Waals surface area (Å²) in [7, 11) is 0. The maximum Gasteiger partial charge on any atom is 0.247 e. The highest BCUT2D eigenvalue weighted by atomic mass is 32.2. The number of carbonyl (C=O) groups is 3. The van der Waals surface area contributed by atoms with E-state index < -0.39 is 22.6 Å². The minimum atomic E-state index is -0.589. The average Bonchev–Trinajstić information content (AvgIpc) is 3.42. The Kier molecular flexibility index (Phi) is 9.95. The maximum absolute atomic E-state index is 14.2. The molecule has 8 heteroatoms. The fourth-order valence-electron chi connectivity index (χ4n) is 6.83. The molecule has 3 rings (SSSR count). The van der Waals surface area contributed by atoms with Crippen LogP contribution in [0.25, 0.3) is 0 Å². The van der Waals surface area contributed by atoms with E-state index in [1.54, 1.807) is 23.9 Å². The van der Waals surface area contributed by atoms with Crippen LogP contribution in [0.5, 0.6) is 0 Å². The van der Waals surface area contributed by atoms with Crippen molar-refractivity contribution >= 4 is 29.5 Å². The third-order valence-corrected chi connectivity index (χ3v) is 10.5. The highest BCUT2D eigenvalue weighted by molar-refractivity contribution is 8.02. The van der Waals surface area contributed by atoms with Crippen LogP contribution in [-0.2, 0) is 14.4 Å². The molecular weight excluding hydrogens is 486 g/mol. The number of hydrogen-bond donors (Lipinski definition) is 1. The van der Waals surface area contributed by atoms with Crippen molar-refractivity contribution in [2.75, 3.05) is 32.8 Å². The Labute approximate surface area is 227 Å². The predicted molar refractivity (Wildman–Crippen MR) is 150 cm³/mol. The molecular formula is C29H47N3O4S. The zero-order valence-electron chi connectivity index (χ0n) is 23.3. The monoisotopic (exact) mass is 533 g/mol. The molecule has 37 heavy (non-hydrogen) atoms. The summed E-state index contributed by atoms with van der Waals surface area (Å²) in [6.07, 6.45) is 9.22. The molecule has 1 spiro atoms. The number of thioether (sulfide) groups is 1. The first kappa shape index (κ1) is 29.8. The Balaban J connectivity index is 2.01. The van der Waals surface area contributed by atoms with Gasteiger partial charge < -0.3 is 19.8 Å². The van der Waals surface area contributed by atoms with Crippen molar-refractivity contribution in [2.45, 2.75) is 94.2 Å². The molecule has 2 unspecified atom stereocenters. The Bertz CT molecular complexity index is 879. The molecule has 3 aliphatic heterocycles. The lowest BCUT2D eigenvalue weighted by atomic mass is 9.66. The van der Waals surface area contributed by atoms with Crippen LogP contribution in [0.15, 0.2) is 25.3 Å². The molecule has 0 aromatic carbocycles. The second kappa shape index (κ2) is 12.4. The number of likely N-dealkylation sites (tertiary alicyclic amines) is 1. The highest BCUT2D eigenvalue weighted by Crippen LogP contribution is 2.71. The van der Waals surface area contributed by atoms with Crippen LogP contribution in [-0.4, -0.2) is 91.9 Å². The van der Waals surface area contributed by atoms with Gasteiger partial charge in [0.25, 0.3) is 0 Å². The molecule has 0 aromatic heterocycles. The van der Waals surface area contributed by atoms with Crippen molar-refractivity contribution in [3.63, 3.8) is 0 Å². The number of rotatable bonds is 15. The first-order chi connectivity index (χ1) is 17.6. The zero-order chi connectivity index (χ0) is 27.4. The van der Waals surface area contributed by atoms with E-state index in [2.05, 4.69) is 27.0 Å². The molecule has 1 N–H and O–H groups in total. The molecule has 7 nitrogen and oxygen atoms in total. The number of amides is 3. The van der Waals surface area contributed by atoms with E-state index in [4.69, 9.17) is 5.11 Å². The Hall–Kier alpha value is -1.80. The summed E-state index contributed by atoms with van der Waals surface area (Å²) in [6, 6.07) is -0.597. The largest absolute Gasteiger partial charge is 0.396 e. The second-order valence-electron chi connectivity index (χ2n) is 11.3. The normalized spacial score (nSPS) is 30.1. The Morgan fingerprint density at radius 2 is 1.81 bits per heavy atom. The average molecular weight is 534 g/mol. The molecule has 0 saturated carbocycles. The summed E-state index contributed by atoms with van der Waals surface area (Å²) < 4.78 is -0.952. The third kappa shape index (κ3) is 5.38. The summed E-state index contributed by atoms with van der Waals surface area (Å²) in [5.41, 5.74) is 0. The van der Waals surface area contributed by atoms with Crippen molar-refractivity contribution in [1.82, 2.24) is 14.7 Å². The summed E-state index contributed by atoms with van der Waals surface area (Å²) >= 11 is 1.74. The van der Waals surface area contributed by atoms with Crippen molar-refractivity contribution in [3.8, 4) is 0 Å². The van der Waals surface area contributed by atoms with Crippen LogP contribution in [0, 0.1) is 11.8 Å². The molecule has 3 heterocycles. The summed E-state index contributed by atoms with van der Waals surface area (Å²) in [5, 5.41) is 9.14. The molecule has 0 aliphatic carbocycles. The van der Waals surface area contributed by atoms with E-state index in [0.717, 1.165) is 44.9 Å². The van der Waals surface area contributed by atoms with Crippen molar-refractivity contribution in [3.05, 3.63) is 25.3 Å². The minimum Gasteiger partial charge on any atom is -0.396 e. The maximum atomic E-state index is 14.2. The number of hydrogen-bond acceptors (Lipinski definition) is 5. The number of aliphatic hydroxyl groups excluding tert-OH is 1. The van der Waals surface area contributed by atoms with Gasteiger partial charge in [0, 0.05) is 43.6 Å². The van der Waals surface area contributed by atoms with Gasteiger partial charge in [-0.2, -0.15) is 0 Å². The zero-order valence-corrected chi connectivity index (χ0v) is 24.1. The van der Waals surface area contributed by atoms with E-state index in [1.165, 1.54) is 0 Å². The van der Waals surface area contributed by atoms with Gasteiger partial charge >= 0.3 is 0 Å². The molecule has 3 aliphatic rings. The standard InChI is InChI=1S/C29H47N3O4S/c1-7-16-30(17-8-2)25(34)22-23-26(35)32(19-12-10-11-13-20-33)24(27(36)31(18-9-3)21(4)5)29(23)15-14-28(22,6)37-29/h7,9,21-24,33H,1,3,8,10-20H2,2,4-6H3/t22-,23+,24?,28+,29?/m1/s1. The fraction of sp³-hybridized carbons (Fsp3) is 0.759. The first-order valence-corrected chi connectivity index (χ1v) is 14.9. The lowest BCUT2D eigenvalue weighted by Gasteiger charge is -2.39. The van der Waals surface area contributed by atoms with Gasteiger partial charge in [0.2, 0.25) is 17.7 Å². The third-order valence-electron chi connectivity index (χ3n) is 8.47. The molecule has 2 bridgehead atoms. The fourth-order valence-corrected chi connectivity index (χ4v) is 9.18. The van der Waals surface area contributed by atoms with E-state index in [1.807, 2.05) is 28.5 Å². The first-order valence-electron chi connectivity index (χ1n) is 14.1. The smallest absolute Gasteiger partial charge is 0.247 e. The van der Waals surface area contributed by atoms with Crippen LogP contribution < -0.4 is 0 Å². The van der Waals surface area contributed by atoms with Crippen LogP contribution in [0.1, 0.15) is 72.6 Å². The Morgan fingerprint density at radius 1 is 1.14 bits per heavy atom. The summed E-state index contributed by atoms with van der Waals surface area (Å²) in [6.45, 7) is 18.1. The molecule has 3 fully saturated rings. The molecule has 208 valence electrons. The number of fused-ring (bicyclic) bond motifs is 1. The van der Waals surface area contributed by atoms with Crippen LogP contribution in [0.4, 0.5) is 0 Å². The highest BCUT2D eigenvalue weighted by Gasteiger charge is 2.77. The number of carbonyl (C=O) groups excluding carboxylic acids is 3. The van der Waals surface area contributed by atoms with Crippen LogP contribution >= 0.6 is 11.8 Å². The van der Waals surface area contributed by atoms with Gasteiger partial charge in [0.15, 0.2) is 0 Å². The van der Waals surface area contributed by atoms with Crippen molar-refractivity contribution in [1.29, 1.82) is 0 Å². The van der Waals surface area contributed by atoms with Gasteiger partial charge in [-0.25, -0.2) is 0 Å². The van der Waals surface area contributed by atoms with Crippen LogP contribution in [0.2, 0.25) is 0 Å². The van der Waals surface area contributed by atoms with E-state index in [-0.39, 0.29) is 35.1 Å². The SMILES string of the molecule is C=CCN(CCC)C(=O)[C@H]1[C@H]2C(=O)N(CCCCCCO)C(C(=O)N(CC=C)C(C)C)C23CC[C@]1(C)S3. The van der Waals surface area contributed by atoms with Gasteiger partial charge in [-0.1, -0.05) is 31.9 Å². The topological polar surface area (TPSA) is 81.2 Å². The molecule has 3 saturated heterocycles. The number of nitrogens with zero attached hydrogens (tertiary/aromatic N) is 3. The quantitative estimate of drug-likeness (QED) is 0.255. The molecule has 5 atom stereocenters. The molecule has 3 amide bonds. The van der Waals surface area contributed by atoms with Gasteiger partial charge in [-0.15, -0.1) is 24.9 Å². The van der Waals surface area contributed by atoms with Gasteiger partial charge in [0.05, 0.1) is 16.6 Å². The molecule has 0 radical (unpaired) electrons. The van der Waals surface area contributed by atoms with Gasteiger partial charge in [-0.3, -0.25) is 14.4 Å². The van der Waals surface area contributed by atoms with E-state index in [9.17, 15) is 14.4 Å². The summed E-state index contributed by atoms with van der Waals surface area (Å²) in [5.74, 6) is -0.960. The minimum absolute atomic E-state index is 0.0216. The van der Waals surface area contributed by atoms with Gasteiger partial charge in [-0.05, 0) is 52.9 Å². The second-order valence-corrected chi connectivity index (χ2v) is 13.2. The lowest BCUT2D eigenvalue weighted by Crippen LogP contribution is -2.56. The van der Waals surface area contributed by atoms with Crippen LogP contribution in [0.3, 0.4) is 0 Å². The molecule has 0 aromatic rings. The van der Waals surface area contributed by atoms with Crippen molar-refractivity contribution < 1.29 is 19.5 Å². The van der Waals surface area contributed by atoms with E-state index in [0.29, 0.717) is 26.2 Å². The number of aliphatic hydroxyl groups is 1. The predicted octanol–water partition coefficient (Wildman–Crippen LogP) is 3.87. The number of unbranched alkanes of at least 4 members (excludes halogenated alkanes) is 3. The van der Waals surface area contributed by atoms with Gasteiger partial charge in [0.1, 0.15) is 6.04 Å².